The number of sulfone groups is 1. The number of carbonyl (C=O) groups excluding carboxylic acids is 4. The van der Waals surface area contributed by atoms with Crippen molar-refractivity contribution in [2.45, 2.75) is 25.7 Å². The molecule has 0 aliphatic heterocycles. The fourth-order valence-electron chi connectivity index (χ4n) is 2.77. The van der Waals surface area contributed by atoms with E-state index in [1.807, 2.05) is 0 Å². The maximum atomic E-state index is 12.4. The molecule has 1 aromatic carbocycles. The summed E-state index contributed by atoms with van der Waals surface area (Å²) in [6.07, 6.45) is 0.947. The summed E-state index contributed by atoms with van der Waals surface area (Å²) in [5.74, 6) is -3.21. The lowest BCUT2D eigenvalue weighted by Crippen LogP contribution is -2.22. The molecule has 12 heteroatoms. The monoisotopic (exact) mass is 497 g/mol. The van der Waals surface area contributed by atoms with E-state index in [9.17, 15) is 27.6 Å². The van der Waals surface area contributed by atoms with Gasteiger partial charge in [-0.3, -0.25) is 4.79 Å². The molecule has 33 heavy (non-hydrogen) atoms. The van der Waals surface area contributed by atoms with Crippen molar-refractivity contribution in [3.05, 3.63) is 45.8 Å². The highest BCUT2D eigenvalue weighted by atomic mass is 32.2. The Morgan fingerprint density at radius 3 is 2.15 bits per heavy atom. The molecule has 0 radical (unpaired) electrons. The summed E-state index contributed by atoms with van der Waals surface area (Å²) >= 11 is 0.826. The minimum atomic E-state index is -3.70. The molecule has 1 N–H and O–H groups in total. The van der Waals surface area contributed by atoms with Crippen molar-refractivity contribution in [3.8, 4) is 0 Å². The van der Waals surface area contributed by atoms with Crippen molar-refractivity contribution in [1.82, 2.24) is 0 Å². The number of hydrogen-bond acceptors (Lipinski definition) is 10. The van der Waals surface area contributed by atoms with Crippen LogP contribution in [0.15, 0.2) is 29.2 Å². The molecule has 0 fully saturated rings. The first-order valence-electron chi connectivity index (χ1n) is 9.74. The van der Waals surface area contributed by atoms with Crippen molar-refractivity contribution in [2.24, 2.45) is 0 Å². The van der Waals surface area contributed by atoms with E-state index in [1.54, 1.807) is 13.8 Å². The molecule has 1 aromatic heterocycles. The number of nitrogens with one attached hydrogen (secondary N) is 1. The van der Waals surface area contributed by atoms with Gasteiger partial charge in [0.15, 0.2) is 16.4 Å². The summed E-state index contributed by atoms with van der Waals surface area (Å²) in [5.41, 5.74) is 0.0647. The molecule has 0 atom stereocenters. The lowest BCUT2D eigenvalue weighted by atomic mass is 10.1. The summed E-state index contributed by atoms with van der Waals surface area (Å²) in [4.78, 5) is 49.2. The molecular weight excluding hydrogens is 474 g/mol. The molecule has 0 aliphatic rings. The van der Waals surface area contributed by atoms with Gasteiger partial charge in [0.2, 0.25) is 0 Å². The number of hydrogen-bond donors (Lipinski definition) is 1. The summed E-state index contributed by atoms with van der Waals surface area (Å²) < 4.78 is 38.7. The number of carbonyl (C=O) groups is 4. The Bertz CT molecular complexity index is 1180. The predicted octanol–water partition coefficient (Wildman–Crippen LogP) is 2.61. The van der Waals surface area contributed by atoms with Crippen LogP contribution in [0.3, 0.4) is 0 Å². The Morgan fingerprint density at radius 1 is 0.939 bits per heavy atom. The van der Waals surface area contributed by atoms with E-state index in [0.29, 0.717) is 0 Å². The smallest absolute Gasteiger partial charge is 0.348 e. The van der Waals surface area contributed by atoms with Gasteiger partial charge in [0, 0.05) is 6.26 Å². The average Bonchev–Trinajstić information content (AvgIpc) is 3.07. The number of amides is 1. The summed E-state index contributed by atoms with van der Waals surface area (Å²) in [6, 6.07) is 5.44. The van der Waals surface area contributed by atoms with E-state index >= 15 is 0 Å². The van der Waals surface area contributed by atoms with Crippen molar-refractivity contribution in [1.29, 1.82) is 0 Å². The summed E-state index contributed by atoms with van der Waals surface area (Å²) in [6.45, 7) is 4.20. The molecule has 0 spiro atoms. The van der Waals surface area contributed by atoms with Crippen LogP contribution in [0.5, 0.6) is 0 Å². The van der Waals surface area contributed by atoms with E-state index in [1.165, 1.54) is 31.2 Å². The molecule has 0 saturated heterocycles. The van der Waals surface area contributed by atoms with Gasteiger partial charge in [0.05, 0.1) is 29.2 Å². The molecule has 0 unspecified atom stereocenters. The largest absolute Gasteiger partial charge is 0.462 e. The van der Waals surface area contributed by atoms with Crippen molar-refractivity contribution < 1.29 is 41.8 Å². The number of esters is 3. The molecule has 1 heterocycles. The van der Waals surface area contributed by atoms with Gasteiger partial charge in [-0.15, -0.1) is 11.3 Å². The fraction of sp³-hybridized carbons (Fsp3) is 0.333. The van der Waals surface area contributed by atoms with E-state index in [2.05, 4.69) is 5.32 Å². The molecule has 2 rings (SSSR count). The van der Waals surface area contributed by atoms with Gasteiger partial charge in [-0.05, 0) is 38.5 Å². The molecule has 178 valence electrons. The van der Waals surface area contributed by atoms with Gasteiger partial charge < -0.3 is 19.5 Å². The lowest BCUT2D eigenvalue weighted by molar-refractivity contribution is -0.119. The van der Waals surface area contributed by atoms with E-state index < -0.39 is 40.3 Å². The van der Waals surface area contributed by atoms with Crippen molar-refractivity contribution in [3.63, 3.8) is 0 Å². The Balaban J connectivity index is 2.22. The van der Waals surface area contributed by atoms with Gasteiger partial charge in [0.1, 0.15) is 9.88 Å². The number of thiophene rings is 1. The minimum Gasteiger partial charge on any atom is -0.462 e. The summed E-state index contributed by atoms with van der Waals surface area (Å²) in [5, 5.41) is 2.47. The number of anilines is 1. The van der Waals surface area contributed by atoms with Crippen LogP contribution in [-0.4, -0.2) is 58.3 Å². The predicted molar refractivity (Wildman–Crippen MR) is 119 cm³/mol. The highest BCUT2D eigenvalue weighted by Gasteiger charge is 2.28. The fourth-order valence-corrected chi connectivity index (χ4v) is 4.75. The first-order valence-corrected chi connectivity index (χ1v) is 12.5. The zero-order valence-electron chi connectivity index (χ0n) is 18.4. The van der Waals surface area contributed by atoms with Gasteiger partial charge in [-0.1, -0.05) is 12.1 Å². The van der Waals surface area contributed by atoms with Crippen LogP contribution < -0.4 is 5.32 Å². The Morgan fingerprint density at radius 2 is 1.55 bits per heavy atom. The second-order valence-electron chi connectivity index (χ2n) is 6.59. The summed E-state index contributed by atoms with van der Waals surface area (Å²) in [7, 11) is -3.70. The topological polar surface area (TPSA) is 142 Å². The third-order valence-electron chi connectivity index (χ3n) is 4.18. The number of rotatable bonds is 9. The molecule has 10 nitrogen and oxygen atoms in total. The van der Waals surface area contributed by atoms with Crippen LogP contribution >= 0.6 is 11.3 Å². The normalized spacial score (nSPS) is 10.9. The second-order valence-corrected chi connectivity index (χ2v) is 9.60. The zero-order chi connectivity index (χ0) is 24.8. The quantitative estimate of drug-likeness (QED) is 0.408. The highest BCUT2D eigenvalue weighted by molar-refractivity contribution is 7.90. The van der Waals surface area contributed by atoms with E-state index in [-0.39, 0.29) is 44.7 Å². The van der Waals surface area contributed by atoms with Crippen LogP contribution in [0.25, 0.3) is 0 Å². The third kappa shape index (κ3) is 6.39. The first kappa shape index (κ1) is 26.0. The van der Waals surface area contributed by atoms with Crippen LogP contribution in [-0.2, 0) is 28.8 Å². The second kappa shape index (κ2) is 11.1. The van der Waals surface area contributed by atoms with Crippen LogP contribution in [0.1, 0.15) is 49.8 Å². The van der Waals surface area contributed by atoms with Gasteiger partial charge in [-0.2, -0.15) is 0 Å². The molecule has 1 amide bonds. The maximum absolute atomic E-state index is 12.4. The van der Waals surface area contributed by atoms with Crippen molar-refractivity contribution >= 4 is 50.0 Å². The van der Waals surface area contributed by atoms with Crippen LogP contribution in [0, 0.1) is 6.92 Å². The van der Waals surface area contributed by atoms with E-state index in [0.717, 1.165) is 17.6 Å². The molecule has 2 aromatic rings. The molecular formula is C21H23NO9S2. The van der Waals surface area contributed by atoms with Gasteiger partial charge in [-0.25, -0.2) is 22.8 Å². The number of ether oxygens (including phenoxy) is 3. The SMILES string of the molecule is CCOC(=O)c1sc(NC(=O)COC(=O)c2ccccc2S(C)(=O)=O)c(C(=O)OCC)c1C. The van der Waals surface area contributed by atoms with E-state index in [4.69, 9.17) is 14.2 Å². The minimum absolute atomic E-state index is 0.00741. The molecule has 0 saturated carbocycles. The molecule has 0 bridgehead atoms. The number of benzene rings is 1. The van der Waals surface area contributed by atoms with Crippen molar-refractivity contribution in [2.75, 3.05) is 31.4 Å². The highest BCUT2D eigenvalue weighted by Crippen LogP contribution is 2.34. The Hall–Kier alpha value is -3.25. The zero-order valence-corrected chi connectivity index (χ0v) is 20.1. The average molecular weight is 498 g/mol. The van der Waals surface area contributed by atoms with Crippen LogP contribution in [0.4, 0.5) is 5.00 Å². The molecule has 0 aliphatic carbocycles. The lowest BCUT2D eigenvalue weighted by Gasteiger charge is -2.09. The standard InChI is InChI=1S/C21H23NO9S2/c1-5-29-20(25)16-12(3)17(21(26)30-6-2)32-18(16)22-15(23)11-31-19(24)13-9-7-8-10-14(13)33(4,27)28/h7-10H,5-6,11H2,1-4H3,(H,22,23). The van der Waals surface area contributed by atoms with Crippen LogP contribution in [0.2, 0.25) is 0 Å². The Labute approximate surface area is 194 Å². The first-order chi connectivity index (χ1) is 15.5. The third-order valence-corrected chi connectivity index (χ3v) is 6.52. The maximum Gasteiger partial charge on any atom is 0.348 e. The van der Waals surface area contributed by atoms with Gasteiger partial charge >= 0.3 is 17.9 Å². The van der Waals surface area contributed by atoms with Gasteiger partial charge in [0.25, 0.3) is 5.91 Å². The Kier molecular flexibility index (Phi) is 8.71.